The topological polar surface area (TPSA) is 83.6 Å². The molecule has 22 heavy (non-hydrogen) atoms. The lowest BCUT2D eigenvalue weighted by atomic mass is 10.2. The highest BCUT2D eigenvalue weighted by Gasteiger charge is 2.24. The van der Waals surface area contributed by atoms with E-state index < -0.39 is 18.4 Å². The molecular formula is C15H15ClN2O4. The van der Waals surface area contributed by atoms with E-state index in [2.05, 4.69) is 4.98 Å². The number of hydrogen-bond acceptors (Lipinski definition) is 4. The molecule has 0 aliphatic heterocycles. The zero-order valence-electron chi connectivity index (χ0n) is 12.0. The summed E-state index contributed by atoms with van der Waals surface area (Å²) in [7, 11) is 0. The number of hydrogen-bond donors (Lipinski definition) is 1. The van der Waals surface area contributed by atoms with E-state index in [-0.39, 0.29) is 12.2 Å². The molecule has 0 unspecified atom stereocenters. The molecule has 0 fully saturated rings. The SMILES string of the molecule is CCc1ocnc1C(=O)N(CC(=O)O)Cc1ccc(Cl)cc1. The second kappa shape index (κ2) is 7.09. The third-order valence-electron chi connectivity index (χ3n) is 3.06. The van der Waals surface area contributed by atoms with Gasteiger partial charge < -0.3 is 14.4 Å². The summed E-state index contributed by atoms with van der Waals surface area (Å²) in [6.07, 6.45) is 1.69. The van der Waals surface area contributed by atoms with E-state index in [4.69, 9.17) is 21.1 Å². The molecule has 1 N–H and O–H groups in total. The first kappa shape index (κ1) is 16.0. The third-order valence-corrected chi connectivity index (χ3v) is 3.32. The van der Waals surface area contributed by atoms with Gasteiger partial charge >= 0.3 is 5.97 Å². The maximum Gasteiger partial charge on any atom is 0.323 e. The Balaban J connectivity index is 2.23. The van der Waals surface area contributed by atoms with Crippen molar-refractivity contribution in [1.82, 2.24) is 9.88 Å². The van der Waals surface area contributed by atoms with E-state index in [0.29, 0.717) is 17.2 Å². The molecule has 0 radical (unpaired) electrons. The van der Waals surface area contributed by atoms with Gasteiger partial charge in [-0.15, -0.1) is 0 Å². The summed E-state index contributed by atoms with van der Waals surface area (Å²) in [6.45, 7) is 1.56. The molecule has 1 amide bonds. The van der Waals surface area contributed by atoms with Gasteiger partial charge in [-0.2, -0.15) is 0 Å². The van der Waals surface area contributed by atoms with Gasteiger partial charge in [-0.3, -0.25) is 9.59 Å². The lowest BCUT2D eigenvalue weighted by Gasteiger charge is -2.20. The van der Waals surface area contributed by atoms with Crippen molar-refractivity contribution in [1.29, 1.82) is 0 Å². The molecule has 0 saturated carbocycles. The van der Waals surface area contributed by atoms with Crippen LogP contribution < -0.4 is 0 Å². The van der Waals surface area contributed by atoms with Crippen LogP contribution in [0.2, 0.25) is 5.02 Å². The Bertz CT molecular complexity index is 666. The molecule has 0 bridgehead atoms. The number of carbonyl (C=O) groups excluding carboxylic acids is 1. The molecule has 0 atom stereocenters. The second-order valence-corrected chi connectivity index (χ2v) is 5.10. The zero-order chi connectivity index (χ0) is 16.1. The number of oxazole rings is 1. The molecule has 0 spiro atoms. The van der Waals surface area contributed by atoms with Crippen molar-refractivity contribution in [3.05, 3.63) is 52.7 Å². The number of benzene rings is 1. The van der Waals surface area contributed by atoms with E-state index in [1.54, 1.807) is 24.3 Å². The van der Waals surface area contributed by atoms with Crippen LogP contribution in [-0.2, 0) is 17.8 Å². The average Bonchev–Trinajstić information content (AvgIpc) is 2.96. The highest BCUT2D eigenvalue weighted by atomic mass is 35.5. The summed E-state index contributed by atoms with van der Waals surface area (Å²) in [5.74, 6) is -1.12. The number of carboxylic acids is 1. The van der Waals surface area contributed by atoms with Crippen LogP contribution in [0.4, 0.5) is 0 Å². The van der Waals surface area contributed by atoms with Gasteiger partial charge in [0.15, 0.2) is 12.1 Å². The summed E-state index contributed by atoms with van der Waals surface area (Å²) in [5, 5.41) is 9.59. The molecule has 1 aromatic carbocycles. The van der Waals surface area contributed by atoms with Crippen molar-refractivity contribution in [3.63, 3.8) is 0 Å². The summed E-state index contributed by atoms with van der Waals surface area (Å²) >= 11 is 5.82. The molecule has 1 aromatic heterocycles. The molecule has 6 nitrogen and oxygen atoms in total. The van der Waals surface area contributed by atoms with E-state index in [1.165, 1.54) is 11.3 Å². The number of aliphatic carboxylic acids is 1. The summed E-state index contributed by atoms with van der Waals surface area (Å²) in [6, 6.07) is 6.86. The van der Waals surface area contributed by atoms with Gasteiger partial charge in [0, 0.05) is 18.0 Å². The van der Waals surface area contributed by atoms with Crippen LogP contribution in [0.5, 0.6) is 0 Å². The highest BCUT2D eigenvalue weighted by Crippen LogP contribution is 2.15. The zero-order valence-corrected chi connectivity index (χ0v) is 12.7. The number of carboxylic acid groups (broad SMARTS) is 1. The maximum absolute atomic E-state index is 12.5. The fourth-order valence-electron chi connectivity index (χ4n) is 2.02. The Morgan fingerprint density at radius 2 is 2.00 bits per heavy atom. The van der Waals surface area contributed by atoms with Gasteiger partial charge in [0.05, 0.1) is 0 Å². The number of aromatic nitrogens is 1. The first-order chi connectivity index (χ1) is 10.5. The molecule has 0 saturated heterocycles. The summed E-state index contributed by atoms with van der Waals surface area (Å²) in [5.41, 5.74) is 0.929. The number of aryl methyl sites for hydroxylation is 1. The van der Waals surface area contributed by atoms with Crippen LogP contribution in [0.15, 0.2) is 35.1 Å². The van der Waals surface area contributed by atoms with Crippen LogP contribution in [0.25, 0.3) is 0 Å². The van der Waals surface area contributed by atoms with Gasteiger partial charge in [-0.25, -0.2) is 4.98 Å². The predicted octanol–water partition coefficient (Wildman–Crippen LogP) is 2.62. The number of rotatable bonds is 6. The molecule has 2 rings (SSSR count). The molecule has 2 aromatic rings. The monoisotopic (exact) mass is 322 g/mol. The van der Waals surface area contributed by atoms with Crippen molar-refractivity contribution < 1.29 is 19.1 Å². The lowest BCUT2D eigenvalue weighted by Crippen LogP contribution is -2.35. The number of carbonyl (C=O) groups is 2. The predicted molar refractivity (Wildman–Crippen MR) is 79.7 cm³/mol. The molecule has 0 aliphatic rings. The van der Waals surface area contributed by atoms with Gasteiger partial charge in [0.25, 0.3) is 5.91 Å². The standard InChI is InChI=1S/C15H15ClN2O4/c1-2-12-14(17-9-22-12)15(21)18(8-13(19)20)7-10-3-5-11(16)6-4-10/h3-6,9H,2,7-8H2,1H3,(H,19,20). The Morgan fingerprint density at radius 3 is 2.59 bits per heavy atom. The first-order valence-corrected chi connectivity index (χ1v) is 7.07. The highest BCUT2D eigenvalue weighted by molar-refractivity contribution is 6.30. The largest absolute Gasteiger partial charge is 0.480 e. The molecule has 116 valence electrons. The van der Waals surface area contributed by atoms with Crippen molar-refractivity contribution in [3.8, 4) is 0 Å². The maximum atomic E-state index is 12.5. The van der Waals surface area contributed by atoms with Crippen LogP contribution in [0.1, 0.15) is 28.7 Å². The fraction of sp³-hybridized carbons (Fsp3) is 0.267. The van der Waals surface area contributed by atoms with Crippen molar-refractivity contribution >= 4 is 23.5 Å². The Kier molecular flexibility index (Phi) is 5.16. The summed E-state index contributed by atoms with van der Waals surface area (Å²) in [4.78, 5) is 28.6. The number of amides is 1. The van der Waals surface area contributed by atoms with Crippen molar-refractivity contribution in [2.75, 3.05) is 6.54 Å². The van der Waals surface area contributed by atoms with Crippen LogP contribution >= 0.6 is 11.6 Å². The quantitative estimate of drug-likeness (QED) is 0.883. The van der Waals surface area contributed by atoms with E-state index in [1.807, 2.05) is 6.92 Å². The van der Waals surface area contributed by atoms with Gasteiger partial charge in [0.1, 0.15) is 12.3 Å². The molecular weight excluding hydrogens is 308 g/mol. The van der Waals surface area contributed by atoms with Crippen LogP contribution in [0, 0.1) is 0 Å². The third kappa shape index (κ3) is 3.85. The summed E-state index contributed by atoms with van der Waals surface area (Å²) < 4.78 is 5.13. The van der Waals surface area contributed by atoms with Gasteiger partial charge in [-0.05, 0) is 17.7 Å². The number of nitrogens with zero attached hydrogens (tertiary/aromatic N) is 2. The normalized spacial score (nSPS) is 10.5. The Morgan fingerprint density at radius 1 is 1.32 bits per heavy atom. The minimum Gasteiger partial charge on any atom is -0.480 e. The first-order valence-electron chi connectivity index (χ1n) is 6.69. The van der Waals surface area contributed by atoms with Gasteiger partial charge in [0.2, 0.25) is 0 Å². The second-order valence-electron chi connectivity index (χ2n) is 4.66. The van der Waals surface area contributed by atoms with Crippen molar-refractivity contribution in [2.45, 2.75) is 19.9 Å². The fourth-order valence-corrected chi connectivity index (χ4v) is 2.14. The molecule has 7 heteroatoms. The van der Waals surface area contributed by atoms with Gasteiger partial charge in [-0.1, -0.05) is 30.7 Å². The van der Waals surface area contributed by atoms with E-state index in [9.17, 15) is 9.59 Å². The number of halogens is 1. The van der Waals surface area contributed by atoms with Crippen molar-refractivity contribution in [2.24, 2.45) is 0 Å². The molecule has 0 aliphatic carbocycles. The Hall–Kier alpha value is -2.34. The lowest BCUT2D eigenvalue weighted by molar-refractivity contribution is -0.137. The van der Waals surface area contributed by atoms with E-state index >= 15 is 0 Å². The smallest absolute Gasteiger partial charge is 0.323 e. The molecule has 1 heterocycles. The Labute approximate surface area is 132 Å². The minimum atomic E-state index is -1.09. The minimum absolute atomic E-state index is 0.151. The average molecular weight is 323 g/mol. The van der Waals surface area contributed by atoms with Crippen LogP contribution in [-0.4, -0.2) is 33.4 Å². The van der Waals surface area contributed by atoms with E-state index in [0.717, 1.165) is 5.56 Å². The van der Waals surface area contributed by atoms with Crippen LogP contribution in [0.3, 0.4) is 0 Å².